The molecule has 0 radical (unpaired) electrons. The first-order valence-corrected chi connectivity index (χ1v) is 10.5. The summed E-state index contributed by atoms with van der Waals surface area (Å²) in [5.41, 5.74) is 2.77. The van der Waals surface area contributed by atoms with Crippen LogP contribution < -0.4 is 5.56 Å². The third kappa shape index (κ3) is 3.40. The molecule has 27 heavy (non-hydrogen) atoms. The van der Waals surface area contributed by atoms with Crippen molar-refractivity contribution < 1.29 is 0 Å². The Labute approximate surface area is 162 Å². The number of hydrogen-bond donors (Lipinski definition) is 1. The molecular formula is C18H16N6OS2. The highest BCUT2D eigenvalue weighted by Gasteiger charge is 2.28. The molecule has 0 aliphatic heterocycles. The van der Waals surface area contributed by atoms with Gasteiger partial charge in [0.05, 0.1) is 5.69 Å². The van der Waals surface area contributed by atoms with Gasteiger partial charge in [0, 0.05) is 23.3 Å². The third-order valence-electron chi connectivity index (χ3n) is 4.35. The van der Waals surface area contributed by atoms with Gasteiger partial charge >= 0.3 is 0 Å². The number of hydrogen-bond acceptors (Lipinski definition) is 7. The van der Waals surface area contributed by atoms with Crippen LogP contribution in [-0.2, 0) is 5.75 Å². The summed E-state index contributed by atoms with van der Waals surface area (Å²) in [5, 5.41) is 13.3. The third-order valence-corrected chi connectivity index (χ3v) is 6.30. The van der Waals surface area contributed by atoms with Gasteiger partial charge in [-0.2, -0.15) is 9.61 Å². The first-order chi connectivity index (χ1) is 13.2. The summed E-state index contributed by atoms with van der Waals surface area (Å²) in [6.07, 6.45) is 2.32. The number of aromatic nitrogens is 6. The standard InChI is InChI=1S/C18H16N6OS2/c1-10-3-2-4-12(7-10)15-20-17(22-21-15)26-9-13-8-14(25)24-18(19-13)27-16(23-24)11-5-6-11/h2-4,7-8,11H,5-6,9H2,1H3,(H,20,21,22). The summed E-state index contributed by atoms with van der Waals surface area (Å²) in [6.45, 7) is 2.05. The lowest BCUT2D eigenvalue weighted by Gasteiger charge is -1.98. The fourth-order valence-electron chi connectivity index (χ4n) is 2.81. The molecule has 136 valence electrons. The molecule has 9 heteroatoms. The second-order valence-electron chi connectivity index (χ2n) is 6.62. The molecule has 7 nitrogen and oxygen atoms in total. The number of H-pyrrole nitrogens is 1. The Morgan fingerprint density at radius 2 is 2.19 bits per heavy atom. The molecule has 1 aliphatic rings. The van der Waals surface area contributed by atoms with Gasteiger partial charge < -0.3 is 0 Å². The minimum absolute atomic E-state index is 0.130. The summed E-state index contributed by atoms with van der Waals surface area (Å²) in [7, 11) is 0. The number of benzene rings is 1. The molecule has 0 bridgehead atoms. The van der Waals surface area contributed by atoms with Crippen LogP contribution in [0.2, 0.25) is 0 Å². The van der Waals surface area contributed by atoms with Gasteiger partial charge in [-0.15, -0.1) is 5.10 Å². The SMILES string of the molecule is Cc1cccc(-c2nc(SCc3cc(=O)n4nc(C5CC5)sc4n3)n[nH]2)c1. The highest BCUT2D eigenvalue weighted by atomic mass is 32.2. The molecule has 3 aromatic heterocycles. The van der Waals surface area contributed by atoms with Crippen molar-refractivity contribution in [2.45, 2.75) is 36.6 Å². The number of aryl methyl sites for hydroxylation is 1. The molecule has 5 rings (SSSR count). The second-order valence-corrected chi connectivity index (χ2v) is 8.55. The Hall–Kier alpha value is -2.52. The number of fused-ring (bicyclic) bond motifs is 1. The van der Waals surface area contributed by atoms with E-state index in [9.17, 15) is 4.79 Å². The predicted molar refractivity (Wildman–Crippen MR) is 105 cm³/mol. The maximum atomic E-state index is 12.3. The molecule has 1 aliphatic carbocycles. The van der Waals surface area contributed by atoms with Gasteiger partial charge in [-0.05, 0) is 25.8 Å². The summed E-state index contributed by atoms with van der Waals surface area (Å²) in [4.78, 5) is 22.1. The van der Waals surface area contributed by atoms with E-state index >= 15 is 0 Å². The Bertz CT molecular complexity index is 1190. The van der Waals surface area contributed by atoms with Crippen molar-refractivity contribution in [1.82, 2.24) is 29.8 Å². The van der Waals surface area contributed by atoms with Crippen LogP contribution in [0.25, 0.3) is 16.3 Å². The first kappa shape index (κ1) is 16.6. The van der Waals surface area contributed by atoms with Crippen molar-refractivity contribution in [3.05, 3.63) is 57.0 Å². The van der Waals surface area contributed by atoms with E-state index in [0.717, 1.165) is 34.9 Å². The van der Waals surface area contributed by atoms with E-state index in [2.05, 4.69) is 31.3 Å². The maximum absolute atomic E-state index is 12.3. The molecule has 1 N–H and O–H groups in total. The highest BCUT2D eigenvalue weighted by molar-refractivity contribution is 7.98. The Morgan fingerprint density at radius 1 is 1.30 bits per heavy atom. The lowest BCUT2D eigenvalue weighted by Crippen LogP contribution is -2.15. The maximum Gasteiger partial charge on any atom is 0.275 e. The van der Waals surface area contributed by atoms with Gasteiger partial charge in [0.1, 0.15) is 5.01 Å². The summed E-state index contributed by atoms with van der Waals surface area (Å²) < 4.78 is 1.41. The van der Waals surface area contributed by atoms with E-state index in [4.69, 9.17) is 0 Å². The van der Waals surface area contributed by atoms with Crippen molar-refractivity contribution in [2.75, 3.05) is 0 Å². The van der Waals surface area contributed by atoms with Crippen LogP contribution in [0.1, 0.15) is 35.0 Å². The van der Waals surface area contributed by atoms with Gasteiger partial charge in [0.15, 0.2) is 5.82 Å². The van der Waals surface area contributed by atoms with Crippen molar-refractivity contribution in [1.29, 1.82) is 0 Å². The van der Waals surface area contributed by atoms with E-state index in [0.29, 0.717) is 21.8 Å². The first-order valence-electron chi connectivity index (χ1n) is 8.68. The number of nitrogens with one attached hydrogen (secondary N) is 1. The smallest absolute Gasteiger partial charge is 0.267 e. The normalized spacial score (nSPS) is 14.1. The molecule has 0 saturated heterocycles. The van der Waals surface area contributed by atoms with Gasteiger partial charge in [-0.25, -0.2) is 9.97 Å². The lowest BCUT2D eigenvalue weighted by atomic mass is 10.1. The number of nitrogens with zero attached hydrogens (tertiary/aromatic N) is 5. The summed E-state index contributed by atoms with van der Waals surface area (Å²) >= 11 is 2.97. The number of rotatable bonds is 5. The zero-order valence-electron chi connectivity index (χ0n) is 14.5. The van der Waals surface area contributed by atoms with Crippen molar-refractivity contribution >= 4 is 28.1 Å². The monoisotopic (exact) mass is 396 g/mol. The fourth-order valence-corrected chi connectivity index (χ4v) is 4.59. The zero-order valence-corrected chi connectivity index (χ0v) is 16.2. The minimum atomic E-state index is -0.130. The van der Waals surface area contributed by atoms with Crippen LogP contribution in [0.3, 0.4) is 0 Å². The largest absolute Gasteiger partial charge is 0.275 e. The van der Waals surface area contributed by atoms with Crippen LogP contribution in [0.5, 0.6) is 0 Å². The highest BCUT2D eigenvalue weighted by Crippen LogP contribution is 2.41. The minimum Gasteiger partial charge on any atom is -0.267 e. The molecule has 1 aromatic carbocycles. The molecule has 1 saturated carbocycles. The molecule has 1 fully saturated rings. The predicted octanol–water partition coefficient (Wildman–Crippen LogP) is 3.41. The summed E-state index contributed by atoms with van der Waals surface area (Å²) in [5.74, 6) is 1.79. The zero-order chi connectivity index (χ0) is 18.4. The van der Waals surface area contributed by atoms with E-state index in [-0.39, 0.29) is 5.56 Å². The molecule has 0 spiro atoms. The average Bonchev–Trinajstić information content (AvgIpc) is 3.24. The van der Waals surface area contributed by atoms with E-state index < -0.39 is 0 Å². The number of aromatic amines is 1. The van der Waals surface area contributed by atoms with Crippen molar-refractivity contribution in [2.24, 2.45) is 0 Å². The molecule has 0 unspecified atom stereocenters. The van der Waals surface area contributed by atoms with Crippen LogP contribution >= 0.6 is 23.1 Å². The van der Waals surface area contributed by atoms with E-state index in [1.807, 2.05) is 25.1 Å². The fraction of sp³-hybridized carbons (Fsp3) is 0.278. The summed E-state index contributed by atoms with van der Waals surface area (Å²) in [6, 6.07) is 9.65. The quantitative estimate of drug-likeness (QED) is 0.520. The van der Waals surface area contributed by atoms with E-state index in [1.54, 1.807) is 6.07 Å². The molecule has 3 heterocycles. The van der Waals surface area contributed by atoms with Gasteiger partial charge in [0.2, 0.25) is 10.1 Å². The van der Waals surface area contributed by atoms with E-state index in [1.165, 1.54) is 33.2 Å². The van der Waals surface area contributed by atoms with Gasteiger partial charge in [0.25, 0.3) is 5.56 Å². The van der Waals surface area contributed by atoms with Crippen LogP contribution in [-0.4, -0.2) is 29.8 Å². The van der Waals surface area contributed by atoms with Crippen molar-refractivity contribution in [3.8, 4) is 11.4 Å². The van der Waals surface area contributed by atoms with Crippen LogP contribution in [0.15, 0.2) is 40.3 Å². The number of thioether (sulfide) groups is 1. The Kier molecular flexibility index (Phi) is 4.05. The Morgan fingerprint density at radius 3 is 3.00 bits per heavy atom. The van der Waals surface area contributed by atoms with Crippen LogP contribution in [0.4, 0.5) is 0 Å². The lowest BCUT2D eigenvalue weighted by molar-refractivity contribution is 0.848. The van der Waals surface area contributed by atoms with Crippen LogP contribution in [0, 0.1) is 6.92 Å². The Balaban J connectivity index is 1.35. The van der Waals surface area contributed by atoms with Gasteiger partial charge in [-0.1, -0.05) is 46.9 Å². The molecule has 0 atom stereocenters. The molecule has 0 amide bonds. The molecular weight excluding hydrogens is 380 g/mol. The van der Waals surface area contributed by atoms with Crippen molar-refractivity contribution in [3.63, 3.8) is 0 Å². The topological polar surface area (TPSA) is 88.8 Å². The molecule has 4 aromatic rings. The average molecular weight is 397 g/mol. The second kappa shape index (κ2) is 6.58. The van der Waals surface area contributed by atoms with Gasteiger partial charge in [-0.3, -0.25) is 9.89 Å².